The van der Waals surface area contributed by atoms with Crippen molar-refractivity contribution in [2.24, 2.45) is 0 Å². The molecule has 0 aliphatic carbocycles. The molecule has 2 heterocycles. The van der Waals surface area contributed by atoms with Gasteiger partial charge in [0.05, 0.1) is 16.8 Å². The van der Waals surface area contributed by atoms with Crippen LogP contribution in [0.2, 0.25) is 19.6 Å². The topological polar surface area (TPSA) is 94.0 Å². The van der Waals surface area contributed by atoms with Gasteiger partial charge in [0.2, 0.25) is 0 Å². The van der Waals surface area contributed by atoms with Gasteiger partial charge < -0.3 is 20.1 Å². The third-order valence-corrected chi connectivity index (χ3v) is 8.02. The van der Waals surface area contributed by atoms with E-state index in [1.165, 1.54) is 18.2 Å². The lowest BCUT2D eigenvalue weighted by atomic mass is 9.96. The van der Waals surface area contributed by atoms with Crippen LogP contribution < -0.4 is 15.4 Å². The minimum Gasteiger partial charge on any atom is -0.485 e. The van der Waals surface area contributed by atoms with Crippen molar-refractivity contribution in [3.05, 3.63) is 101 Å². The molecule has 2 aromatic heterocycles. The molecular formula is C35H40F2N4O4Si. The second-order valence-corrected chi connectivity index (χ2v) is 17.3. The zero-order valence-corrected chi connectivity index (χ0v) is 28.1. The Morgan fingerprint density at radius 1 is 1.04 bits per heavy atom. The molecule has 0 spiro atoms. The van der Waals surface area contributed by atoms with Crippen LogP contribution in [0.3, 0.4) is 0 Å². The minimum absolute atomic E-state index is 0.123. The molecule has 1 atom stereocenters. The molecule has 0 radical (unpaired) electrons. The van der Waals surface area contributed by atoms with Crippen molar-refractivity contribution < 1.29 is 27.8 Å². The number of carbonyl (C=O) groups is 2. The first-order valence-corrected chi connectivity index (χ1v) is 18.7. The van der Waals surface area contributed by atoms with Crippen LogP contribution in [0, 0.1) is 30.0 Å². The number of aromatic nitrogens is 2. The van der Waals surface area contributed by atoms with Gasteiger partial charge in [0.1, 0.15) is 38.6 Å². The smallest absolute Gasteiger partial charge is 0.407 e. The zero-order chi connectivity index (χ0) is 33.5. The highest BCUT2D eigenvalue weighted by Crippen LogP contribution is 2.26. The maximum absolute atomic E-state index is 14.4. The highest BCUT2D eigenvalue weighted by Gasteiger charge is 2.29. The number of hydrogen-bond donors (Lipinski definition) is 2. The van der Waals surface area contributed by atoms with E-state index < -0.39 is 37.2 Å². The standard InChI is InChI=1S/C35H40F2N4O4Si/c1-7-17-35(3,40-34(43)45-21-25-12-9-8-10-13-25)23-38-33(42)31-24(2)39-32-30(44-22-27-28(36)14-11-15-29(27)37)19-26(20-41(31)32)16-18-46(4,5)6/h8-15,19-20H,7,17,21-23H2,1-6H3,(H,38,42)(H,40,43). The van der Waals surface area contributed by atoms with Crippen LogP contribution in [-0.4, -0.2) is 41.5 Å². The first-order chi connectivity index (χ1) is 21.8. The van der Waals surface area contributed by atoms with E-state index in [1.54, 1.807) is 23.6 Å². The number of ether oxygens (including phenoxy) is 2. The summed E-state index contributed by atoms with van der Waals surface area (Å²) in [5, 5.41) is 5.86. The number of pyridine rings is 1. The summed E-state index contributed by atoms with van der Waals surface area (Å²) in [6.45, 7) is 11.7. The molecule has 0 saturated carbocycles. The fourth-order valence-corrected chi connectivity index (χ4v) is 5.39. The summed E-state index contributed by atoms with van der Waals surface area (Å²) >= 11 is 0. The first kappa shape index (κ1) is 34.2. The lowest BCUT2D eigenvalue weighted by Gasteiger charge is -2.30. The summed E-state index contributed by atoms with van der Waals surface area (Å²) in [5.41, 5.74) is 4.69. The first-order valence-electron chi connectivity index (χ1n) is 15.2. The van der Waals surface area contributed by atoms with Crippen molar-refractivity contribution in [1.82, 2.24) is 20.0 Å². The largest absolute Gasteiger partial charge is 0.485 e. The Balaban J connectivity index is 1.59. The lowest BCUT2D eigenvalue weighted by Crippen LogP contribution is -2.53. The van der Waals surface area contributed by atoms with Gasteiger partial charge in [-0.05, 0) is 38.0 Å². The number of nitrogens with zero attached hydrogens (tertiary/aromatic N) is 2. The number of fused-ring (bicyclic) bond motifs is 1. The predicted molar refractivity (Wildman–Crippen MR) is 176 cm³/mol. The molecule has 11 heteroatoms. The van der Waals surface area contributed by atoms with Crippen LogP contribution in [-0.2, 0) is 18.0 Å². The highest BCUT2D eigenvalue weighted by molar-refractivity contribution is 6.83. The van der Waals surface area contributed by atoms with Crippen LogP contribution in [0.5, 0.6) is 5.75 Å². The van der Waals surface area contributed by atoms with Gasteiger partial charge in [0.15, 0.2) is 11.4 Å². The Labute approximate surface area is 269 Å². The number of alkyl carbamates (subject to hydrolysis) is 1. The van der Waals surface area contributed by atoms with Crippen LogP contribution in [0.15, 0.2) is 60.8 Å². The normalized spacial score (nSPS) is 12.5. The SMILES string of the molecule is CCCC(C)(CNC(=O)c1c(C)nc2c(OCc3c(F)cccc3F)cc(C#C[Si](C)(C)C)cn12)NC(=O)OCc1ccccc1. The van der Waals surface area contributed by atoms with Crippen molar-refractivity contribution in [3.63, 3.8) is 0 Å². The number of hydrogen-bond acceptors (Lipinski definition) is 5. The molecule has 4 rings (SSSR count). The summed E-state index contributed by atoms with van der Waals surface area (Å²) in [4.78, 5) is 31.0. The van der Waals surface area contributed by atoms with Gasteiger partial charge in [0.25, 0.3) is 5.91 Å². The molecule has 0 aliphatic heterocycles. The second-order valence-electron chi connectivity index (χ2n) is 12.5. The van der Waals surface area contributed by atoms with E-state index in [0.717, 1.165) is 12.0 Å². The molecule has 1 unspecified atom stereocenters. The van der Waals surface area contributed by atoms with E-state index in [4.69, 9.17) is 9.47 Å². The van der Waals surface area contributed by atoms with E-state index in [0.29, 0.717) is 23.3 Å². The monoisotopic (exact) mass is 646 g/mol. The quantitative estimate of drug-likeness (QED) is 0.136. The number of imidazole rings is 1. The zero-order valence-electron chi connectivity index (χ0n) is 27.1. The van der Waals surface area contributed by atoms with Gasteiger partial charge >= 0.3 is 6.09 Å². The molecule has 0 saturated heterocycles. The number of amides is 2. The average Bonchev–Trinajstić information content (AvgIpc) is 3.33. The fraction of sp³-hybridized carbons (Fsp3) is 0.343. The minimum atomic E-state index is -1.77. The van der Waals surface area contributed by atoms with Crippen molar-refractivity contribution in [2.45, 2.75) is 72.0 Å². The number of aryl methyl sites for hydroxylation is 1. The van der Waals surface area contributed by atoms with Gasteiger partial charge in [-0.15, -0.1) is 5.54 Å². The molecule has 0 bridgehead atoms. The molecule has 2 aromatic carbocycles. The third kappa shape index (κ3) is 8.94. The predicted octanol–water partition coefficient (Wildman–Crippen LogP) is 6.94. The lowest BCUT2D eigenvalue weighted by molar-refractivity contribution is 0.0921. The van der Waals surface area contributed by atoms with Crippen LogP contribution in [0.25, 0.3) is 5.65 Å². The van der Waals surface area contributed by atoms with Crippen LogP contribution in [0.1, 0.15) is 59.6 Å². The molecule has 8 nitrogen and oxygen atoms in total. The van der Waals surface area contributed by atoms with Gasteiger partial charge in [-0.25, -0.2) is 18.6 Å². The summed E-state index contributed by atoms with van der Waals surface area (Å²) in [6, 6.07) is 14.7. The van der Waals surface area contributed by atoms with Gasteiger partial charge in [-0.1, -0.05) is 75.3 Å². The molecule has 46 heavy (non-hydrogen) atoms. The van der Waals surface area contributed by atoms with Crippen LogP contribution >= 0.6 is 0 Å². The van der Waals surface area contributed by atoms with Gasteiger partial charge in [0, 0.05) is 24.4 Å². The molecule has 2 N–H and O–H groups in total. The molecule has 4 aromatic rings. The molecule has 242 valence electrons. The van der Waals surface area contributed by atoms with Crippen molar-refractivity contribution in [1.29, 1.82) is 0 Å². The van der Waals surface area contributed by atoms with E-state index in [1.807, 2.05) is 44.2 Å². The molecular weight excluding hydrogens is 606 g/mol. The fourth-order valence-electron chi connectivity index (χ4n) is 4.87. The van der Waals surface area contributed by atoms with Gasteiger partial charge in [-0.3, -0.25) is 9.20 Å². The Morgan fingerprint density at radius 3 is 2.39 bits per heavy atom. The van der Waals surface area contributed by atoms with Crippen molar-refractivity contribution in [3.8, 4) is 17.2 Å². The summed E-state index contributed by atoms with van der Waals surface area (Å²) in [7, 11) is -1.77. The van der Waals surface area contributed by atoms with E-state index in [9.17, 15) is 18.4 Å². The number of nitrogens with one attached hydrogen (secondary N) is 2. The van der Waals surface area contributed by atoms with E-state index in [2.05, 4.69) is 46.7 Å². The van der Waals surface area contributed by atoms with E-state index >= 15 is 0 Å². The Kier molecular flexibility index (Phi) is 10.9. The number of carbonyl (C=O) groups excluding carboxylic acids is 2. The Hall–Kier alpha value is -4.69. The average molecular weight is 647 g/mol. The molecule has 0 fully saturated rings. The maximum Gasteiger partial charge on any atom is 0.407 e. The third-order valence-electron chi connectivity index (χ3n) is 7.15. The summed E-state index contributed by atoms with van der Waals surface area (Å²) in [6.07, 6.45) is 2.46. The van der Waals surface area contributed by atoms with Crippen molar-refractivity contribution >= 4 is 25.7 Å². The van der Waals surface area contributed by atoms with Gasteiger partial charge in [-0.2, -0.15) is 0 Å². The van der Waals surface area contributed by atoms with Crippen molar-refractivity contribution in [2.75, 3.05) is 6.54 Å². The maximum atomic E-state index is 14.4. The molecule has 2 amide bonds. The number of benzene rings is 2. The Bertz CT molecular complexity index is 1760. The summed E-state index contributed by atoms with van der Waals surface area (Å²) < 4.78 is 41.7. The second kappa shape index (κ2) is 14.6. The summed E-state index contributed by atoms with van der Waals surface area (Å²) in [5.74, 6) is 1.53. The highest BCUT2D eigenvalue weighted by atomic mass is 28.3. The molecule has 0 aliphatic rings. The van der Waals surface area contributed by atoms with Crippen LogP contribution in [0.4, 0.5) is 13.6 Å². The number of halogens is 2. The number of rotatable bonds is 11. The van der Waals surface area contributed by atoms with E-state index in [-0.39, 0.29) is 36.8 Å². The Morgan fingerprint density at radius 2 is 1.74 bits per heavy atom.